The van der Waals surface area contributed by atoms with E-state index in [1.165, 1.54) is 6.07 Å². The van der Waals surface area contributed by atoms with E-state index in [-0.39, 0.29) is 5.56 Å². The second-order valence-corrected chi connectivity index (χ2v) is 3.95. The number of benzene rings is 2. The molecule has 0 aromatic heterocycles. The average molecular weight is 234 g/mol. The molecule has 1 unspecified atom stereocenters. The molecule has 0 saturated carbocycles. The normalized spacial score (nSPS) is 12.5. The molecule has 0 amide bonds. The molecule has 0 fully saturated rings. The van der Waals surface area contributed by atoms with Gasteiger partial charge in [-0.1, -0.05) is 35.9 Å². The summed E-state index contributed by atoms with van der Waals surface area (Å²) in [5.74, 6) is -1.47. The van der Waals surface area contributed by atoms with Gasteiger partial charge in [-0.3, -0.25) is 0 Å². The van der Waals surface area contributed by atoms with Gasteiger partial charge in [0, 0.05) is 0 Å². The predicted molar refractivity (Wildman–Crippen MR) is 61.6 cm³/mol. The Balaban J connectivity index is 2.47. The van der Waals surface area contributed by atoms with E-state index in [2.05, 4.69) is 0 Å². The molecule has 0 radical (unpaired) electrons. The summed E-state index contributed by atoms with van der Waals surface area (Å²) in [6.45, 7) is 1.86. The van der Waals surface area contributed by atoms with Gasteiger partial charge in [0.15, 0.2) is 0 Å². The first kappa shape index (κ1) is 11.7. The minimum atomic E-state index is -1.28. The largest absolute Gasteiger partial charge is 0.383 e. The van der Waals surface area contributed by atoms with Gasteiger partial charge in [0.1, 0.15) is 17.7 Å². The highest BCUT2D eigenvalue weighted by Gasteiger charge is 2.19. The van der Waals surface area contributed by atoms with Crippen molar-refractivity contribution in [3.8, 4) is 0 Å². The van der Waals surface area contributed by atoms with E-state index in [0.29, 0.717) is 5.56 Å². The molecular weight excluding hydrogens is 222 g/mol. The van der Waals surface area contributed by atoms with Crippen LogP contribution in [0.5, 0.6) is 0 Å². The fourth-order valence-electron chi connectivity index (χ4n) is 1.78. The summed E-state index contributed by atoms with van der Waals surface area (Å²) < 4.78 is 27.0. The Hall–Kier alpha value is -1.74. The molecule has 1 nitrogen and oxygen atoms in total. The van der Waals surface area contributed by atoms with Gasteiger partial charge in [-0.2, -0.15) is 0 Å². The molecule has 1 N–H and O–H groups in total. The van der Waals surface area contributed by atoms with Crippen molar-refractivity contribution in [3.63, 3.8) is 0 Å². The Morgan fingerprint density at radius 1 is 1.00 bits per heavy atom. The minimum absolute atomic E-state index is 0.307. The maximum atomic E-state index is 13.5. The van der Waals surface area contributed by atoms with Crippen LogP contribution in [-0.2, 0) is 0 Å². The summed E-state index contributed by atoms with van der Waals surface area (Å²) in [5, 5.41) is 10.00. The molecule has 2 rings (SSSR count). The van der Waals surface area contributed by atoms with Crippen molar-refractivity contribution < 1.29 is 13.9 Å². The molecule has 0 aliphatic rings. The standard InChI is InChI=1S/C14H12F2O/c1-9-4-2-5-10(8-9)14(17)13-11(15)6-3-7-12(13)16/h2-8,14,17H,1H3. The van der Waals surface area contributed by atoms with Crippen molar-refractivity contribution in [1.82, 2.24) is 0 Å². The van der Waals surface area contributed by atoms with Crippen LogP contribution < -0.4 is 0 Å². The van der Waals surface area contributed by atoms with Crippen LogP contribution in [0.1, 0.15) is 22.8 Å². The Bertz CT molecular complexity index is 517. The third kappa shape index (κ3) is 2.34. The summed E-state index contributed by atoms with van der Waals surface area (Å²) in [7, 11) is 0. The van der Waals surface area contributed by atoms with Crippen LogP contribution in [0.25, 0.3) is 0 Å². The van der Waals surface area contributed by atoms with Gasteiger partial charge in [-0.15, -0.1) is 0 Å². The molecular formula is C14H12F2O. The predicted octanol–water partition coefficient (Wildman–Crippen LogP) is 3.35. The first-order valence-corrected chi connectivity index (χ1v) is 5.28. The Morgan fingerprint density at radius 3 is 2.18 bits per heavy atom. The summed E-state index contributed by atoms with van der Waals surface area (Å²) >= 11 is 0. The SMILES string of the molecule is Cc1cccc(C(O)c2c(F)cccc2F)c1. The van der Waals surface area contributed by atoms with Crippen LogP contribution >= 0.6 is 0 Å². The van der Waals surface area contributed by atoms with Gasteiger partial charge < -0.3 is 5.11 Å². The second-order valence-electron chi connectivity index (χ2n) is 3.95. The third-order valence-corrected chi connectivity index (χ3v) is 2.63. The molecule has 1 atom stereocenters. The van der Waals surface area contributed by atoms with E-state index in [1.54, 1.807) is 18.2 Å². The van der Waals surface area contributed by atoms with E-state index in [1.807, 2.05) is 13.0 Å². The molecule has 2 aromatic carbocycles. The Kier molecular flexibility index (Phi) is 3.20. The van der Waals surface area contributed by atoms with Gasteiger partial charge in [0.25, 0.3) is 0 Å². The van der Waals surface area contributed by atoms with E-state index >= 15 is 0 Å². The van der Waals surface area contributed by atoms with Crippen LogP contribution in [0, 0.1) is 18.6 Å². The van der Waals surface area contributed by atoms with E-state index < -0.39 is 17.7 Å². The number of aliphatic hydroxyl groups is 1. The summed E-state index contributed by atoms with van der Waals surface area (Å²) in [6.07, 6.45) is -1.28. The van der Waals surface area contributed by atoms with Crippen molar-refractivity contribution in [1.29, 1.82) is 0 Å². The van der Waals surface area contributed by atoms with E-state index in [0.717, 1.165) is 17.7 Å². The molecule has 2 aromatic rings. The number of halogens is 2. The smallest absolute Gasteiger partial charge is 0.132 e. The minimum Gasteiger partial charge on any atom is -0.383 e. The van der Waals surface area contributed by atoms with Gasteiger partial charge in [-0.25, -0.2) is 8.78 Å². The summed E-state index contributed by atoms with van der Waals surface area (Å²) in [4.78, 5) is 0. The highest BCUT2D eigenvalue weighted by molar-refractivity contribution is 5.33. The number of aliphatic hydroxyl groups excluding tert-OH is 1. The van der Waals surface area contributed by atoms with Gasteiger partial charge in [0.05, 0.1) is 5.56 Å². The fourth-order valence-corrected chi connectivity index (χ4v) is 1.78. The second kappa shape index (κ2) is 4.63. The lowest BCUT2D eigenvalue weighted by molar-refractivity contribution is 0.209. The van der Waals surface area contributed by atoms with E-state index in [4.69, 9.17) is 0 Å². The van der Waals surface area contributed by atoms with Crippen LogP contribution in [0.15, 0.2) is 42.5 Å². The van der Waals surface area contributed by atoms with Crippen LogP contribution in [0.2, 0.25) is 0 Å². The van der Waals surface area contributed by atoms with Crippen LogP contribution in [-0.4, -0.2) is 5.11 Å². The molecule has 0 heterocycles. The maximum Gasteiger partial charge on any atom is 0.132 e. The van der Waals surface area contributed by atoms with Crippen molar-refractivity contribution in [2.75, 3.05) is 0 Å². The molecule has 0 bridgehead atoms. The lowest BCUT2D eigenvalue weighted by atomic mass is 9.99. The molecule has 3 heteroatoms. The Morgan fingerprint density at radius 2 is 1.59 bits per heavy atom. The quantitative estimate of drug-likeness (QED) is 0.844. The molecule has 0 aliphatic heterocycles. The summed E-state index contributed by atoms with van der Waals surface area (Å²) in [6, 6.07) is 10.5. The lowest BCUT2D eigenvalue weighted by Gasteiger charge is -2.13. The molecule has 88 valence electrons. The zero-order valence-corrected chi connectivity index (χ0v) is 9.32. The third-order valence-electron chi connectivity index (χ3n) is 2.63. The number of hydrogen-bond acceptors (Lipinski definition) is 1. The zero-order chi connectivity index (χ0) is 12.4. The first-order valence-electron chi connectivity index (χ1n) is 5.28. The van der Waals surface area contributed by atoms with Gasteiger partial charge >= 0.3 is 0 Å². The Labute approximate surface area is 98.3 Å². The molecule has 0 spiro atoms. The van der Waals surface area contributed by atoms with Crippen molar-refractivity contribution in [2.24, 2.45) is 0 Å². The molecule has 17 heavy (non-hydrogen) atoms. The van der Waals surface area contributed by atoms with Crippen LogP contribution in [0.4, 0.5) is 8.78 Å². The van der Waals surface area contributed by atoms with E-state index in [9.17, 15) is 13.9 Å². The van der Waals surface area contributed by atoms with Crippen molar-refractivity contribution >= 4 is 0 Å². The van der Waals surface area contributed by atoms with Crippen molar-refractivity contribution in [3.05, 3.63) is 70.8 Å². The fraction of sp³-hybridized carbons (Fsp3) is 0.143. The zero-order valence-electron chi connectivity index (χ0n) is 9.32. The first-order chi connectivity index (χ1) is 8.09. The van der Waals surface area contributed by atoms with Crippen LogP contribution in [0.3, 0.4) is 0 Å². The molecule has 0 saturated heterocycles. The highest BCUT2D eigenvalue weighted by Crippen LogP contribution is 2.27. The number of rotatable bonds is 2. The van der Waals surface area contributed by atoms with Gasteiger partial charge in [0.2, 0.25) is 0 Å². The van der Waals surface area contributed by atoms with Gasteiger partial charge in [-0.05, 0) is 24.6 Å². The monoisotopic (exact) mass is 234 g/mol. The number of aryl methyl sites for hydroxylation is 1. The summed E-state index contributed by atoms with van der Waals surface area (Å²) in [5.41, 5.74) is 1.10. The maximum absolute atomic E-state index is 13.5. The number of hydrogen-bond donors (Lipinski definition) is 1. The average Bonchev–Trinajstić information content (AvgIpc) is 2.28. The lowest BCUT2D eigenvalue weighted by Crippen LogP contribution is -2.05. The van der Waals surface area contributed by atoms with Crippen molar-refractivity contribution in [2.45, 2.75) is 13.0 Å². The molecule has 0 aliphatic carbocycles. The topological polar surface area (TPSA) is 20.2 Å². The highest BCUT2D eigenvalue weighted by atomic mass is 19.1.